The van der Waals surface area contributed by atoms with E-state index in [4.69, 9.17) is 4.74 Å². The second-order valence-corrected chi connectivity index (χ2v) is 4.75. The van der Waals surface area contributed by atoms with Crippen molar-refractivity contribution in [2.24, 2.45) is 5.10 Å². The average molecular weight is 325 g/mol. The molecular weight excluding hydrogens is 312 g/mol. The first-order chi connectivity index (χ1) is 10.9. The Balaban J connectivity index is 1.96. The van der Waals surface area contributed by atoms with E-state index >= 15 is 0 Å². The Morgan fingerprint density at radius 3 is 2.74 bits per heavy atom. The largest absolute Gasteiger partial charge is 0.448 e. The van der Waals surface area contributed by atoms with Crippen LogP contribution in [-0.2, 0) is 19.1 Å². The minimum Gasteiger partial charge on any atom is -0.448 e. The van der Waals surface area contributed by atoms with E-state index in [1.165, 1.54) is 6.92 Å². The van der Waals surface area contributed by atoms with Crippen molar-refractivity contribution in [3.63, 3.8) is 0 Å². The summed E-state index contributed by atoms with van der Waals surface area (Å²) in [5, 5.41) is 5.66. The molecule has 1 heterocycles. The van der Waals surface area contributed by atoms with E-state index < -0.39 is 29.6 Å². The summed E-state index contributed by atoms with van der Waals surface area (Å²) in [7, 11) is 0. The molecular formula is C14H13F2N3O4. The smallest absolute Gasteiger partial charge is 0.355 e. The van der Waals surface area contributed by atoms with Crippen LogP contribution in [0.2, 0.25) is 0 Å². The van der Waals surface area contributed by atoms with Crippen LogP contribution in [-0.4, -0.2) is 29.6 Å². The Labute approximate surface area is 129 Å². The van der Waals surface area contributed by atoms with Gasteiger partial charge in [0, 0.05) is 18.9 Å². The van der Waals surface area contributed by atoms with E-state index in [9.17, 15) is 23.2 Å². The van der Waals surface area contributed by atoms with Gasteiger partial charge in [-0.15, -0.1) is 0 Å². The van der Waals surface area contributed by atoms with Crippen LogP contribution in [0.5, 0.6) is 0 Å². The monoisotopic (exact) mass is 325 g/mol. The quantitative estimate of drug-likeness (QED) is 0.810. The number of rotatable bonds is 4. The third-order valence-electron chi connectivity index (χ3n) is 2.98. The maximum atomic E-state index is 13.4. The molecule has 1 aromatic carbocycles. The molecule has 1 aromatic rings. The number of nitrogens with one attached hydrogen (secondary N) is 2. The summed E-state index contributed by atoms with van der Waals surface area (Å²) in [6, 6.07) is 2.58. The SMILES string of the molecule is C[C@H](OC(=O)C1=NNC(=O)CC1)C(=O)Nc1cc(F)ccc1F. The number of halogens is 2. The third-order valence-corrected chi connectivity index (χ3v) is 2.98. The molecule has 2 N–H and O–H groups in total. The van der Waals surface area contributed by atoms with Crippen LogP contribution in [0.25, 0.3) is 0 Å². The number of nitrogens with zero attached hydrogens (tertiary/aromatic N) is 1. The minimum absolute atomic E-state index is 0.0267. The molecule has 2 rings (SSSR count). The highest BCUT2D eigenvalue weighted by atomic mass is 19.1. The fourth-order valence-electron chi connectivity index (χ4n) is 1.73. The van der Waals surface area contributed by atoms with Crippen molar-refractivity contribution >= 4 is 29.2 Å². The first-order valence-corrected chi connectivity index (χ1v) is 6.69. The summed E-state index contributed by atoms with van der Waals surface area (Å²) in [4.78, 5) is 34.6. The molecule has 2 amide bonds. The lowest BCUT2D eigenvalue weighted by Crippen LogP contribution is -2.35. The number of esters is 1. The average Bonchev–Trinajstić information content (AvgIpc) is 2.51. The van der Waals surface area contributed by atoms with E-state index in [0.29, 0.717) is 0 Å². The number of carbonyl (C=O) groups excluding carboxylic acids is 3. The zero-order valence-electron chi connectivity index (χ0n) is 12.1. The van der Waals surface area contributed by atoms with Gasteiger partial charge in [-0.2, -0.15) is 5.10 Å². The molecule has 9 heteroatoms. The van der Waals surface area contributed by atoms with Gasteiger partial charge in [0.15, 0.2) is 6.10 Å². The molecule has 7 nitrogen and oxygen atoms in total. The highest BCUT2D eigenvalue weighted by Crippen LogP contribution is 2.16. The Morgan fingerprint density at radius 1 is 1.35 bits per heavy atom. The lowest BCUT2D eigenvalue weighted by atomic mass is 10.2. The van der Waals surface area contributed by atoms with Crippen molar-refractivity contribution in [2.75, 3.05) is 5.32 Å². The molecule has 23 heavy (non-hydrogen) atoms. The number of hydrazone groups is 1. The summed E-state index contributed by atoms with van der Waals surface area (Å²) in [5.41, 5.74) is 1.74. The van der Waals surface area contributed by atoms with Gasteiger partial charge in [0.2, 0.25) is 5.91 Å². The Bertz CT molecular complexity index is 691. The molecule has 0 saturated heterocycles. The van der Waals surface area contributed by atoms with Gasteiger partial charge in [-0.3, -0.25) is 9.59 Å². The molecule has 0 saturated carbocycles. The van der Waals surface area contributed by atoms with Crippen molar-refractivity contribution in [2.45, 2.75) is 25.9 Å². The molecule has 0 spiro atoms. The molecule has 0 aliphatic carbocycles. The summed E-state index contributed by atoms with van der Waals surface area (Å²) >= 11 is 0. The maximum Gasteiger partial charge on any atom is 0.355 e. The van der Waals surface area contributed by atoms with Crippen LogP contribution < -0.4 is 10.7 Å². The zero-order chi connectivity index (χ0) is 17.0. The van der Waals surface area contributed by atoms with E-state index in [1.807, 2.05) is 0 Å². The number of amides is 2. The Kier molecular flexibility index (Phi) is 4.99. The van der Waals surface area contributed by atoms with Crippen LogP contribution >= 0.6 is 0 Å². The fraction of sp³-hybridized carbons (Fsp3) is 0.286. The van der Waals surface area contributed by atoms with Crippen LogP contribution in [0.1, 0.15) is 19.8 Å². The van der Waals surface area contributed by atoms with Gasteiger partial charge in [0.1, 0.15) is 17.3 Å². The van der Waals surface area contributed by atoms with Gasteiger partial charge in [-0.25, -0.2) is 19.0 Å². The lowest BCUT2D eigenvalue weighted by molar-refractivity contribution is -0.146. The predicted molar refractivity (Wildman–Crippen MR) is 75.4 cm³/mol. The van der Waals surface area contributed by atoms with Gasteiger partial charge in [-0.1, -0.05) is 0 Å². The molecule has 0 radical (unpaired) electrons. The van der Waals surface area contributed by atoms with Crippen molar-refractivity contribution in [1.29, 1.82) is 0 Å². The molecule has 0 bridgehead atoms. The van der Waals surface area contributed by atoms with E-state index in [0.717, 1.165) is 18.2 Å². The van der Waals surface area contributed by atoms with E-state index in [1.54, 1.807) is 0 Å². The first-order valence-electron chi connectivity index (χ1n) is 6.69. The Morgan fingerprint density at radius 2 is 2.09 bits per heavy atom. The normalized spacial score (nSPS) is 15.3. The topological polar surface area (TPSA) is 96.9 Å². The molecule has 0 aromatic heterocycles. The highest BCUT2D eigenvalue weighted by Gasteiger charge is 2.24. The Hall–Kier alpha value is -2.84. The lowest BCUT2D eigenvalue weighted by Gasteiger charge is -2.16. The number of hydrogen-bond donors (Lipinski definition) is 2. The molecule has 1 aliphatic rings. The summed E-state index contributed by atoms with van der Waals surface area (Å²) in [6.45, 7) is 1.27. The molecule has 1 aliphatic heterocycles. The van der Waals surface area contributed by atoms with E-state index in [-0.39, 0.29) is 30.1 Å². The minimum atomic E-state index is -1.26. The van der Waals surface area contributed by atoms with Crippen LogP contribution in [0.3, 0.4) is 0 Å². The third kappa shape index (κ3) is 4.31. The second-order valence-electron chi connectivity index (χ2n) is 4.75. The van der Waals surface area contributed by atoms with Crippen LogP contribution in [0, 0.1) is 11.6 Å². The van der Waals surface area contributed by atoms with Gasteiger partial charge in [0.25, 0.3) is 5.91 Å². The van der Waals surface area contributed by atoms with Gasteiger partial charge in [0.05, 0.1) is 5.69 Å². The summed E-state index contributed by atoms with van der Waals surface area (Å²) in [6.07, 6.45) is -1.08. The summed E-state index contributed by atoms with van der Waals surface area (Å²) in [5.74, 6) is -3.57. The fourth-order valence-corrected chi connectivity index (χ4v) is 1.73. The highest BCUT2D eigenvalue weighted by molar-refractivity contribution is 6.37. The van der Waals surface area contributed by atoms with Crippen molar-refractivity contribution in [3.05, 3.63) is 29.8 Å². The van der Waals surface area contributed by atoms with Gasteiger partial charge < -0.3 is 10.1 Å². The van der Waals surface area contributed by atoms with Crippen molar-refractivity contribution in [3.8, 4) is 0 Å². The number of carbonyl (C=O) groups is 3. The molecule has 0 unspecified atom stereocenters. The molecule has 122 valence electrons. The predicted octanol–water partition coefficient (Wildman–Crippen LogP) is 1.10. The number of anilines is 1. The number of ether oxygens (including phenoxy) is 1. The second kappa shape index (κ2) is 6.95. The van der Waals surface area contributed by atoms with Crippen molar-refractivity contribution < 1.29 is 27.9 Å². The van der Waals surface area contributed by atoms with Crippen LogP contribution in [0.4, 0.5) is 14.5 Å². The van der Waals surface area contributed by atoms with Gasteiger partial charge >= 0.3 is 5.97 Å². The number of hydrogen-bond acceptors (Lipinski definition) is 5. The zero-order valence-corrected chi connectivity index (χ0v) is 12.1. The van der Waals surface area contributed by atoms with Crippen LogP contribution in [0.15, 0.2) is 23.3 Å². The summed E-state index contributed by atoms with van der Waals surface area (Å²) < 4.78 is 31.3. The van der Waals surface area contributed by atoms with Crippen molar-refractivity contribution in [1.82, 2.24) is 5.43 Å². The number of benzene rings is 1. The molecule has 1 atom stereocenters. The molecule has 0 fully saturated rings. The van der Waals surface area contributed by atoms with Gasteiger partial charge in [-0.05, 0) is 19.1 Å². The first kappa shape index (κ1) is 16.5. The van der Waals surface area contributed by atoms with E-state index in [2.05, 4.69) is 15.8 Å². The maximum absolute atomic E-state index is 13.4. The standard InChI is InChI=1S/C14H13F2N3O4/c1-7(23-14(22)10-4-5-12(20)19-18-10)13(21)17-11-6-8(15)2-3-9(11)16/h2-3,6-7H,4-5H2,1H3,(H,17,21)(H,19,20)/t7-/m0/s1.